The lowest BCUT2D eigenvalue weighted by atomic mass is 9.94. The molecule has 1 fully saturated rings. The smallest absolute Gasteiger partial charge is 0.264 e. The van der Waals surface area contributed by atoms with Gasteiger partial charge in [-0.05, 0) is 61.7 Å². The molecule has 5 rings (SSSR count). The molecule has 1 saturated carbocycles. The molecule has 0 bridgehead atoms. The Kier molecular flexibility index (Phi) is 12.3. The fourth-order valence-corrected chi connectivity index (χ4v) is 8.01. The number of anilines is 1. The van der Waals surface area contributed by atoms with E-state index in [4.69, 9.17) is 27.9 Å². The molecule has 1 aliphatic rings. The van der Waals surface area contributed by atoms with Gasteiger partial charge in [0.25, 0.3) is 10.0 Å². The Labute approximate surface area is 299 Å². The summed E-state index contributed by atoms with van der Waals surface area (Å²) < 4.78 is 35.1. The summed E-state index contributed by atoms with van der Waals surface area (Å²) in [6.45, 7) is 1.14. The van der Waals surface area contributed by atoms with Crippen LogP contribution in [-0.2, 0) is 32.6 Å². The maximum absolute atomic E-state index is 14.8. The van der Waals surface area contributed by atoms with Gasteiger partial charge in [0.15, 0.2) is 0 Å². The van der Waals surface area contributed by atoms with Crippen molar-refractivity contribution in [2.45, 2.75) is 69.0 Å². The normalized spacial score (nSPS) is 14.1. The van der Waals surface area contributed by atoms with E-state index < -0.39 is 28.5 Å². The Bertz CT molecular complexity index is 1830. The number of ether oxygens (including phenoxy) is 1. The Morgan fingerprint density at radius 2 is 1.53 bits per heavy atom. The molecule has 0 aromatic heterocycles. The van der Waals surface area contributed by atoms with Crippen LogP contribution in [0.25, 0.3) is 0 Å². The van der Waals surface area contributed by atoms with Gasteiger partial charge in [-0.1, -0.05) is 103 Å². The van der Waals surface area contributed by atoms with Crippen molar-refractivity contribution in [2.24, 2.45) is 0 Å². The van der Waals surface area contributed by atoms with Gasteiger partial charge in [0.1, 0.15) is 18.3 Å². The molecule has 0 radical (unpaired) electrons. The van der Waals surface area contributed by atoms with Crippen LogP contribution in [0, 0.1) is 6.92 Å². The molecule has 0 unspecified atom stereocenters. The van der Waals surface area contributed by atoms with Gasteiger partial charge >= 0.3 is 0 Å². The van der Waals surface area contributed by atoms with Crippen LogP contribution in [0.1, 0.15) is 48.8 Å². The third-order valence-electron chi connectivity index (χ3n) is 8.84. The molecule has 258 valence electrons. The average Bonchev–Trinajstić information content (AvgIpc) is 3.10. The van der Waals surface area contributed by atoms with E-state index in [9.17, 15) is 18.0 Å². The van der Waals surface area contributed by atoms with Gasteiger partial charge in [0, 0.05) is 40.7 Å². The van der Waals surface area contributed by atoms with E-state index in [2.05, 4.69) is 5.32 Å². The number of carbonyl (C=O) groups is 2. The molecule has 8 nitrogen and oxygen atoms in total. The molecule has 4 aromatic rings. The van der Waals surface area contributed by atoms with Crippen LogP contribution < -0.4 is 14.4 Å². The highest BCUT2D eigenvalue weighted by atomic mass is 35.5. The Morgan fingerprint density at radius 1 is 0.878 bits per heavy atom. The highest BCUT2D eigenvalue weighted by Gasteiger charge is 2.36. The summed E-state index contributed by atoms with van der Waals surface area (Å²) in [6, 6.07) is 26.4. The number of hydrogen-bond acceptors (Lipinski definition) is 5. The molecule has 1 N–H and O–H groups in total. The number of amides is 2. The summed E-state index contributed by atoms with van der Waals surface area (Å²) in [5.74, 6) is -0.501. The summed E-state index contributed by atoms with van der Waals surface area (Å²) in [5.41, 5.74) is 2.41. The minimum absolute atomic E-state index is 0.0180. The maximum atomic E-state index is 14.8. The first kappa shape index (κ1) is 36.2. The summed E-state index contributed by atoms with van der Waals surface area (Å²) in [5, 5.41) is 3.86. The molecular weight excluding hydrogens is 681 g/mol. The zero-order valence-corrected chi connectivity index (χ0v) is 30.0. The second-order valence-electron chi connectivity index (χ2n) is 12.3. The maximum Gasteiger partial charge on any atom is 0.264 e. The van der Waals surface area contributed by atoms with Crippen LogP contribution in [0.4, 0.5) is 5.69 Å². The summed E-state index contributed by atoms with van der Waals surface area (Å²) in [6.07, 6.45) is 5.04. The number of benzene rings is 4. The minimum Gasteiger partial charge on any atom is -0.497 e. The summed E-state index contributed by atoms with van der Waals surface area (Å²) in [7, 11) is -2.78. The third-order valence-corrected chi connectivity index (χ3v) is 11.3. The lowest BCUT2D eigenvalue weighted by Crippen LogP contribution is -2.55. The van der Waals surface area contributed by atoms with Crippen LogP contribution in [0.5, 0.6) is 5.75 Å². The van der Waals surface area contributed by atoms with E-state index in [0.29, 0.717) is 21.4 Å². The Morgan fingerprint density at radius 3 is 2.18 bits per heavy atom. The van der Waals surface area contributed by atoms with Crippen LogP contribution in [0.3, 0.4) is 0 Å². The zero-order chi connectivity index (χ0) is 35.0. The molecule has 1 aliphatic carbocycles. The standard InChI is InChI=1S/C38H41Cl2N3O5S/c1-27-19-21-32(22-20-27)49(46,47)43(30-15-9-16-31(24-30)48-2)26-37(44)42(25-33-34(39)17-10-18-35(33)40)36(23-28-11-5-3-6-12-28)38(45)41-29-13-7-4-8-14-29/h3,5-6,9-12,15-22,24,29,36H,4,7-8,13-14,23,25-26H2,1-2H3,(H,41,45)/t36-/m0/s1. The number of hydrogen-bond donors (Lipinski definition) is 1. The second kappa shape index (κ2) is 16.6. The second-order valence-corrected chi connectivity index (χ2v) is 15.0. The van der Waals surface area contributed by atoms with E-state index in [1.165, 1.54) is 24.1 Å². The number of rotatable bonds is 13. The zero-order valence-electron chi connectivity index (χ0n) is 27.6. The number of methoxy groups -OCH3 is 1. The lowest BCUT2D eigenvalue weighted by Gasteiger charge is -2.35. The van der Waals surface area contributed by atoms with Crippen LogP contribution in [0.15, 0.2) is 102 Å². The van der Waals surface area contributed by atoms with E-state index in [1.54, 1.807) is 54.6 Å². The van der Waals surface area contributed by atoms with Gasteiger partial charge in [0.2, 0.25) is 11.8 Å². The summed E-state index contributed by atoms with van der Waals surface area (Å²) >= 11 is 13.3. The van der Waals surface area contributed by atoms with Gasteiger partial charge in [-0.2, -0.15) is 0 Å². The molecule has 0 spiro atoms. The van der Waals surface area contributed by atoms with Crippen molar-refractivity contribution in [1.29, 1.82) is 0 Å². The number of nitrogens with one attached hydrogen (secondary N) is 1. The van der Waals surface area contributed by atoms with Crippen molar-refractivity contribution in [3.63, 3.8) is 0 Å². The molecule has 11 heteroatoms. The number of aryl methyl sites for hydroxylation is 1. The lowest BCUT2D eigenvalue weighted by molar-refractivity contribution is -0.140. The highest BCUT2D eigenvalue weighted by Crippen LogP contribution is 2.30. The van der Waals surface area contributed by atoms with Crippen molar-refractivity contribution in [1.82, 2.24) is 10.2 Å². The first-order valence-electron chi connectivity index (χ1n) is 16.4. The average molecular weight is 723 g/mol. The van der Waals surface area contributed by atoms with Crippen molar-refractivity contribution in [3.8, 4) is 5.75 Å². The monoisotopic (exact) mass is 721 g/mol. The van der Waals surface area contributed by atoms with Crippen molar-refractivity contribution in [2.75, 3.05) is 18.0 Å². The molecule has 49 heavy (non-hydrogen) atoms. The molecule has 0 aliphatic heterocycles. The van der Waals surface area contributed by atoms with Crippen molar-refractivity contribution < 1.29 is 22.7 Å². The van der Waals surface area contributed by atoms with Crippen molar-refractivity contribution >= 4 is 50.7 Å². The first-order chi connectivity index (χ1) is 23.6. The SMILES string of the molecule is COc1cccc(N(CC(=O)N(Cc2c(Cl)cccc2Cl)[C@@H](Cc2ccccc2)C(=O)NC2CCCCC2)S(=O)(=O)c2ccc(C)cc2)c1. The first-order valence-corrected chi connectivity index (χ1v) is 18.6. The number of sulfonamides is 1. The third kappa shape index (κ3) is 9.15. The van der Waals surface area contributed by atoms with E-state index in [-0.39, 0.29) is 35.5 Å². The Hall–Kier alpha value is -4.05. The fourth-order valence-electron chi connectivity index (χ4n) is 6.08. The predicted molar refractivity (Wildman–Crippen MR) is 195 cm³/mol. The molecule has 0 saturated heterocycles. The van der Waals surface area contributed by atoms with Crippen LogP contribution in [0.2, 0.25) is 10.0 Å². The molecule has 0 heterocycles. The van der Waals surface area contributed by atoms with Gasteiger partial charge in [-0.15, -0.1) is 0 Å². The quantitative estimate of drug-likeness (QED) is 0.154. The van der Waals surface area contributed by atoms with Gasteiger partial charge < -0.3 is 15.0 Å². The predicted octanol–water partition coefficient (Wildman–Crippen LogP) is 7.59. The summed E-state index contributed by atoms with van der Waals surface area (Å²) in [4.78, 5) is 30.5. The van der Waals surface area contributed by atoms with Gasteiger partial charge in [-0.3, -0.25) is 13.9 Å². The van der Waals surface area contributed by atoms with Gasteiger partial charge in [-0.25, -0.2) is 8.42 Å². The minimum atomic E-state index is -4.26. The fraction of sp³-hybridized carbons (Fsp3) is 0.316. The van der Waals surface area contributed by atoms with Gasteiger partial charge in [0.05, 0.1) is 17.7 Å². The Balaban J connectivity index is 1.60. The molecule has 1 atom stereocenters. The largest absolute Gasteiger partial charge is 0.497 e. The van der Waals surface area contributed by atoms with Crippen LogP contribution in [-0.4, -0.2) is 50.9 Å². The molecule has 2 amide bonds. The van der Waals surface area contributed by atoms with E-state index >= 15 is 0 Å². The van der Waals surface area contributed by atoms with Crippen molar-refractivity contribution in [3.05, 3.63) is 124 Å². The van der Waals surface area contributed by atoms with E-state index in [0.717, 1.165) is 47.5 Å². The van der Waals surface area contributed by atoms with E-state index in [1.807, 2.05) is 37.3 Å². The number of nitrogens with zero attached hydrogens (tertiary/aromatic N) is 2. The topological polar surface area (TPSA) is 96.0 Å². The number of halogens is 2. The highest BCUT2D eigenvalue weighted by molar-refractivity contribution is 7.92. The van der Waals surface area contributed by atoms with Crippen LogP contribution >= 0.6 is 23.2 Å². The molecule has 4 aromatic carbocycles. The number of carbonyl (C=O) groups excluding carboxylic acids is 2. The molecular formula is C38H41Cl2N3O5S.